The standard InChI is InChI=1S/C33H47N3O7/c1-26-9-12-28(13-10-26)43-25-33(39)23-34(17-18-36(24-33)32(38)22-40-2)21-27-11-14-29(41-3)30(20-27)42-19-7-16-35-15-6-4-5-8-31(35)37/h9-14,20,39H,4-8,15-19,21-25H2,1-3H3/t33-/m0/s1. The van der Waals surface area contributed by atoms with Crippen molar-refractivity contribution in [3.8, 4) is 17.2 Å². The minimum Gasteiger partial charge on any atom is -0.493 e. The smallest absolute Gasteiger partial charge is 0.248 e. The highest BCUT2D eigenvalue weighted by molar-refractivity contribution is 5.77. The second kappa shape index (κ2) is 15.9. The number of ether oxygens (including phenoxy) is 4. The molecule has 0 spiro atoms. The number of aliphatic hydroxyl groups is 1. The summed E-state index contributed by atoms with van der Waals surface area (Å²) in [5, 5.41) is 11.8. The summed E-state index contributed by atoms with van der Waals surface area (Å²) < 4.78 is 22.8. The van der Waals surface area contributed by atoms with E-state index in [1.807, 2.05) is 54.3 Å². The lowest BCUT2D eigenvalue weighted by molar-refractivity contribution is -0.138. The van der Waals surface area contributed by atoms with Crippen molar-refractivity contribution < 1.29 is 33.6 Å². The number of nitrogens with zero attached hydrogens (tertiary/aromatic N) is 3. The minimum atomic E-state index is -1.29. The van der Waals surface area contributed by atoms with Gasteiger partial charge >= 0.3 is 0 Å². The summed E-state index contributed by atoms with van der Waals surface area (Å²) >= 11 is 0. The number of hydrogen-bond acceptors (Lipinski definition) is 8. The Hall–Kier alpha value is -3.34. The number of aryl methyl sites for hydroxylation is 1. The van der Waals surface area contributed by atoms with Crippen LogP contribution in [0.1, 0.15) is 43.2 Å². The number of hydrogen-bond donors (Lipinski definition) is 1. The molecule has 2 heterocycles. The molecule has 10 nitrogen and oxygen atoms in total. The van der Waals surface area contributed by atoms with E-state index in [0.717, 1.165) is 43.4 Å². The lowest BCUT2D eigenvalue weighted by Gasteiger charge is -2.33. The van der Waals surface area contributed by atoms with Gasteiger partial charge in [0.05, 0.1) is 20.3 Å². The Balaban J connectivity index is 1.40. The molecular formula is C33H47N3O7. The first kappa shape index (κ1) is 32.6. The summed E-state index contributed by atoms with van der Waals surface area (Å²) in [4.78, 5) is 30.8. The second-order valence-electron chi connectivity index (χ2n) is 11.7. The van der Waals surface area contributed by atoms with Crippen molar-refractivity contribution in [3.05, 3.63) is 53.6 Å². The Bertz CT molecular complexity index is 1190. The van der Waals surface area contributed by atoms with Crippen molar-refractivity contribution >= 4 is 11.8 Å². The van der Waals surface area contributed by atoms with Gasteiger partial charge in [-0.15, -0.1) is 0 Å². The Kier molecular flexibility index (Phi) is 12.1. The maximum absolute atomic E-state index is 12.8. The Labute approximate surface area is 255 Å². The number of amides is 2. The number of methoxy groups -OCH3 is 2. The number of carbonyl (C=O) groups is 2. The highest BCUT2D eigenvalue weighted by atomic mass is 16.5. The van der Waals surface area contributed by atoms with E-state index in [0.29, 0.717) is 63.0 Å². The molecule has 2 aliphatic heterocycles. The number of β-amino-alcohol motifs (C(OH)–C–C–N with tert-alkyl or cyclic N) is 1. The summed E-state index contributed by atoms with van der Waals surface area (Å²) in [6.45, 7) is 6.05. The molecule has 236 valence electrons. The Morgan fingerprint density at radius 2 is 1.77 bits per heavy atom. The maximum atomic E-state index is 12.8. The number of likely N-dealkylation sites (tertiary alicyclic amines) is 1. The Morgan fingerprint density at radius 3 is 2.53 bits per heavy atom. The van der Waals surface area contributed by atoms with Gasteiger partial charge in [-0.2, -0.15) is 0 Å². The van der Waals surface area contributed by atoms with Crippen LogP contribution >= 0.6 is 0 Å². The fourth-order valence-electron chi connectivity index (χ4n) is 5.65. The maximum Gasteiger partial charge on any atom is 0.248 e. The Morgan fingerprint density at radius 1 is 0.953 bits per heavy atom. The third-order valence-corrected chi connectivity index (χ3v) is 7.97. The molecule has 2 aromatic carbocycles. The third kappa shape index (κ3) is 9.84. The minimum absolute atomic E-state index is 0.0415. The highest BCUT2D eigenvalue weighted by Gasteiger charge is 2.37. The molecule has 0 aliphatic carbocycles. The second-order valence-corrected chi connectivity index (χ2v) is 11.7. The van der Waals surface area contributed by atoms with Crippen molar-refractivity contribution in [1.82, 2.24) is 14.7 Å². The number of carbonyl (C=O) groups excluding carboxylic acids is 2. The summed E-state index contributed by atoms with van der Waals surface area (Å²) in [6.07, 6.45) is 4.53. The van der Waals surface area contributed by atoms with Crippen LogP contribution in [0.3, 0.4) is 0 Å². The largest absolute Gasteiger partial charge is 0.493 e. The third-order valence-electron chi connectivity index (χ3n) is 7.97. The summed E-state index contributed by atoms with van der Waals surface area (Å²) in [7, 11) is 3.11. The molecule has 10 heteroatoms. The average Bonchev–Trinajstić information content (AvgIpc) is 3.30. The van der Waals surface area contributed by atoms with Crippen LogP contribution in [-0.4, -0.2) is 111 Å². The molecule has 4 rings (SSSR count). The van der Waals surface area contributed by atoms with Crippen LogP contribution < -0.4 is 14.2 Å². The number of rotatable bonds is 13. The van der Waals surface area contributed by atoms with Crippen LogP contribution in [0, 0.1) is 6.92 Å². The van der Waals surface area contributed by atoms with Crippen molar-refractivity contribution in [2.75, 3.05) is 73.3 Å². The molecular weight excluding hydrogens is 550 g/mol. The van der Waals surface area contributed by atoms with Gasteiger partial charge in [0.1, 0.15) is 24.6 Å². The summed E-state index contributed by atoms with van der Waals surface area (Å²) in [5.74, 6) is 2.03. The molecule has 1 atom stereocenters. The van der Waals surface area contributed by atoms with Gasteiger partial charge in [-0.3, -0.25) is 14.5 Å². The van der Waals surface area contributed by atoms with Crippen molar-refractivity contribution in [1.29, 1.82) is 0 Å². The lowest BCUT2D eigenvalue weighted by atomic mass is 10.0. The van der Waals surface area contributed by atoms with Gasteiger partial charge in [-0.1, -0.05) is 30.2 Å². The van der Waals surface area contributed by atoms with Gasteiger partial charge in [0.2, 0.25) is 11.8 Å². The lowest BCUT2D eigenvalue weighted by Crippen LogP contribution is -2.52. The van der Waals surface area contributed by atoms with E-state index in [-0.39, 0.29) is 31.6 Å². The van der Waals surface area contributed by atoms with Crippen LogP contribution in [0.25, 0.3) is 0 Å². The molecule has 43 heavy (non-hydrogen) atoms. The zero-order valence-electron chi connectivity index (χ0n) is 25.9. The van der Waals surface area contributed by atoms with E-state index < -0.39 is 5.60 Å². The van der Waals surface area contributed by atoms with E-state index >= 15 is 0 Å². The van der Waals surface area contributed by atoms with Crippen molar-refractivity contribution in [2.24, 2.45) is 0 Å². The summed E-state index contributed by atoms with van der Waals surface area (Å²) in [6, 6.07) is 13.5. The predicted octanol–water partition coefficient (Wildman–Crippen LogP) is 3.28. The van der Waals surface area contributed by atoms with E-state index in [9.17, 15) is 14.7 Å². The van der Waals surface area contributed by atoms with Gasteiger partial charge in [-0.05, 0) is 56.0 Å². The molecule has 2 aromatic rings. The van der Waals surface area contributed by atoms with Gasteiger partial charge in [0.25, 0.3) is 0 Å². The monoisotopic (exact) mass is 597 g/mol. The molecule has 2 saturated heterocycles. The fraction of sp³-hybridized carbons (Fsp3) is 0.576. The zero-order chi connectivity index (χ0) is 30.7. The first-order chi connectivity index (χ1) is 20.8. The molecule has 0 unspecified atom stereocenters. The highest BCUT2D eigenvalue weighted by Crippen LogP contribution is 2.29. The van der Waals surface area contributed by atoms with Gasteiger partial charge < -0.3 is 33.9 Å². The first-order valence-electron chi connectivity index (χ1n) is 15.3. The molecule has 0 radical (unpaired) electrons. The van der Waals surface area contributed by atoms with Crippen molar-refractivity contribution in [3.63, 3.8) is 0 Å². The van der Waals surface area contributed by atoms with E-state index in [1.54, 1.807) is 12.0 Å². The quantitative estimate of drug-likeness (QED) is 0.351. The van der Waals surface area contributed by atoms with Crippen LogP contribution in [0.5, 0.6) is 17.2 Å². The topological polar surface area (TPSA) is 101 Å². The van der Waals surface area contributed by atoms with E-state index in [4.69, 9.17) is 18.9 Å². The van der Waals surface area contributed by atoms with Gasteiger partial charge in [0.15, 0.2) is 11.5 Å². The van der Waals surface area contributed by atoms with E-state index in [2.05, 4.69) is 4.90 Å². The molecule has 2 amide bonds. The normalized spacial score (nSPS) is 20.0. The van der Waals surface area contributed by atoms with Crippen molar-refractivity contribution in [2.45, 2.75) is 51.2 Å². The van der Waals surface area contributed by atoms with E-state index in [1.165, 1.54) is 7.11 Å². The van der Waals surface area contributed by atoms with Crippen LogP contribution in [0.2, 0.25) is 0 Å². The zero-order valence-corrected chi connectivity index (χ0v) is 25.9. The summed E-state index contributed by atoms with van der Waals surface area (Å²) in [5.41, 5.74) is 0.830. The predicted molar refractivity (Wildman–Crippen MR) is 164 cm³/mol. The first-order valence-corrected chi connectivity index (χ1v) is 15.3. The molecule has 0 aromatic heterocycles. The fourth-order valence-corrected chi connectivity index (χ4v) is 5.65. The van der Waals surface area contributed by atoms with Gasteiger partial charge in [0, 0.05) is 52.8 Å². The van der Waals surface area contributed by atoms with Crippen LogP contribution in [0.15, 0.2) is 42.5 Å². The molecule has 2 fully saturated rings. The molecule has 0 saturated carbocycles. The molecule has 0 bridgehead atoms. The number of benzene rings is 2. The average molecular weight is 598 g/mol. The SMILES string of the molecule is COCC(=O)N1CCN(Cc2ccc(OC)c(OCCCN3CCCCCC3=O)c2)C[C@@](O)(COc2ccc(C)cc2)C1. The van der Waals surface area contributed by atoms with Crippen LogP contribution in [0.4, 0.5) is 0 Å². The van der Waals surface area contributed by atoms with Crippen LogP contribution in [-0.2, 0) is 20.9 Å². The van der Waals surface area contributed by atoms with Gasteiger partial charge in [-0.25, -0.2) is 0 Å². The molecule has 2 aliphatic rings. The molecule has 1 N–H and O–H groups in total.